The molecule has 1 aliphatic carbocycles. The van der Waals surface area contributed by atoms with Gasteiger partial charge in [0, 0.05) is 18.9 Å². The predicted octanol–water partition coefficient (Wildman–Crippen LogP) is 2.46. The maximum absolute atomic E-state index is 12.3. The highest BCUT2D eigenvalue weighted by molar-refractivity contribution is 6.42. The van der Waals surface area contributed by atoms with Crippen molar-refractivity contribution in [1.29, 1.82) is 0 Å². The van der Waals surface area contributed by atoms with E-state index in [0.717, 1.165) is 5.56 Å². The second kappa shape index (κ2) is 5.72. The lowest BCUT2D eigenvalue weighted by Gasteiger charge is -2.23. The zero-order chi connectivity index (χ0) is 15.9. The maximum Gasteiger partial charge on any atom is 0.331 e. The van der Waals surface area contributed by atoms with Crippen LogP contribution in [0, 0.1) is 5.92 Å². The molecule has 1 amide bonds. The molecule has 2 fully saturated rings. The fourth-order valence-corrected chi connectivity index (χ4v) is 3.12. The van der Waals surface area contributed by atoms with Crippen LogP contribution in [0.15, 0.2) is 18.2 Å². The van der Waals surface area contributed by atoms with Gasteiger partial charge < -0.3 is 15.2 Å². The largest absolute Gasteiger partial charge is 0.479 e. The number of carbonyl (C=O) groups is 2. The van der Waals surface area contributed by atoms with Gasteiger partial charge in [-0.05, 0) is 30.0 Å². The summed E-state index contributed by atoms with van der Waals surface area (Å²) in [6.45, 7) is 0.353. The quantitative estimate of drug-likeness (QED) is 0.880. The molecule has 2 N–H and O–H groups in total. The van der Waals surface area contributed by atoms with E-state index in [9.17, 15) is 14.7 Å². The molecule has 0 bridgehead atoms. The zero-order valence-electron chi connectivity index (χ0n) is 11.6. The van der Waals surface area contributed by atoms with Crippen LogP contribution in [0.4, 0.5) is 0 Å². The fourth-order valence-electron chi connectivity index (χ4n) is 2.81. The normalized spacial score (nSPS) is 30.1. The standard InChI is InChI=1S/C15H15Cl2NO4/c16-11-2-1-8(5-12(11)17)9-6-10(9)13(19)18-15(14(20)21)3-4-22-7-15/h1-2,5,9-10H,3-4,6-7H2,(H,18,19)(H,20,21). The molecular formula is C15H15Cl2NO4. The molecule has 1 saturated carbocycles. The van der Waals surface area contributed by atoms with Crippen molar-refractivity contribution in [2.75, 3.05) is 13.2 Å². The molecular weight excluding hydrogens is 329 g/mol. The Morgan fingerprint density at radius 3 is 2.68 bits per heavy atom. The van der Waals surface area contributed by atoms with E-state index in [1.165, 1.54) is 0 Å². The monoisotopic (exact) mass is 343 g/mol. The molecule has 3 atom stereocenters. The Kier molecular flexibility index (Phi) is 4.05. The Bertz CT molecular complexity index is 628. The van der Waals surface area contributed by atoms with Gasteiger partial charge in [0.05, 0.1) is 16.7 Å². The summed E-state index contributed by atoms with van der Waals surface area (Å²) >= 11 is 11.9. The molecule has 7 heteroatoms. The number of benzene rings is 1. The van der Waals surface area contributed by atoms with Crippen molar-refractivity contribution in [3.8, 4) is 0 Å². The number of amides is 1. The Hall–Kier alpha value is -1.30. The van der Waals surface area contributed by atoms with Crippen LogP contribution in [0.5, 0.6) is 0 Å². The second-order valence-electron chi connectivity index (χ2n) is 5.80. The minimum absolute atomic E-state index is 0.0121. The van der Waals surface area contributed by atoms with Gasteiger partial charge >= 0.3 is 5.97 Å². The SMILES string of the molecule is O=C(NC1(C(=O)O)CCOC1)C1CC1c1ccc(Cl)c(Cl)c1. The van der Waals surface area contributed by atoms with Gasteiger partial charge in [0.15, 0.2) is 5.54 Å². The molecule has 2 aliphatic rings. The predicted molar refractivity (Wildman–Crippen MR) is 81.3 cm³/mol. The van der Waals surface area contributed by atoms with Gasteiger partial charge in [0.25, 0.3) is 0 Å². The Labute approximate surface area is 137 Å². The molecule has 3 rings (SSSR count). The lowest BCUT2D eigenvalue weighted by Crippen LogP contribution is -2.55. The minimum atomic E-state index is -1.29. The zero-order valence-corrected chi connectivity index (χ0v) is 13.2. The average molecular weight is 344 g/mol. The molecule has 0 radical (unpaired) electrons. The van der Waals surface area contributed by atoms with Gasteiger partial charge in [-0.25, -0.2) is 4.79 Å². The summed E-state index contributed by atoms with van der Waals surface area (Å²) in [4.78, 5) is 23.7. The Morgan fingerprint density at radius 1 is 1.32 bits per heavy atom. The smallest absolute Gasteiger partial charge is 0.331 e. The average Bonchev–Trinajstić information content (AvgIpc) is 3.14. The van der Waals surface area contributed by atoms with E-state index in [1.807, 2.05) is 6.07 Å². The van der Waals surface area contributed by atoms with Crippen molar-refractivity contribution in [3.05, 3.63) is 33.8 Å². The third kappa shape index (κ3) is 2.81. The Balaban J connectivity index is 1.67. The van der Waals surface area contributed by atoms with Crippen molar-refractivity contribution >= 4 is 35.1 Å². The number of carbonyl (C=O) groups excluding carboxylic acids is 1. The van der Waals surface area contributed by atoms with Gasteiger partial charge in [-0.2, -0.15) is 0 Å². The van der Waals surface area contributed by atoms with Crippen LogP contribution in [0.1, 0.15) is 24.3 Å². The van der Waals surface area contributed by atoms with Crippen molar-refractivity contribution in [3.63, 3.8) is 0 Å². The summed E-state index contributed by atoms with van der Waals surface area (Å²) in [7, 11) is 0. The summed E-state index contributed by atoms with van der Waals surface area (Å²) < 4.78 is 5.14. The highest BCUT2D eigenvalue weighted by atomic mass is 35.5. The molecule has 1 aromatic carbocycles. The van der Waals surface area contributed by atoms with E-state index in [-0.39, 0.29) is 30.8 Å². The highest BCUT2D eigenvalue weighted by Crippen LogP contribution is 2.48. The summed E-state index contributed by atoms with van der Waals surface area (Å²) in [6, 6.07) is 5.31. The summed E-state index contributed by atoms with van der Waals surface area (Å²) in [5.41, 5.74) is -0.344. The van der Waals surface area contributed by atoms with E-state index in [4.69, 9.17) is 27.9 Å². The van der Waals surface area contributed by atoms with E-state index < -0.39 is 11.5 Å². The molecule has 1 aliphatic heterocycles. The number of aliphatic carboxylic acids is 1. The van der Waals surface area contributed by atoms with Crippen molar-refractivity contribution in [2.24, 2.45) is 5.92 Å². The van der Waals surface area contributed by atoms with E-state index in [1.54, 1.807) is 12.1 Å². The molecule has 22 heavy (non-hydrogen) atoms. The molecule has 1 saturated heterocycles. The van der Waals surface area contributed by atoms with E-state index in [0.29, 0.717) is 23.1 Å². The van der Waals surface area contributed by atoms with Crippen molar-refractivity contribution in [2.45, 2.75) is 24.3 Å². The number of carboxylic acids is 1. The van der Waals surface area contributed by atoms with E-state index in [2.05, 4.69) is 5.32 Å². The maximum atomic E-state index is 12.3. The number of hydrogen-bond acceptors (Lipinski definition) is 3. The number of carboxylic acid groups (broad SMARTS) is 1. The molecule has 0 aromatic heterocycles. The van der Waals surface area contributed by atoms with Gasteiger partial charge in [-0.3, -0.25) is 4.79 Å². The molecule has 5 nitrogen and oxygen atoms in total. The first-order valence-electron chi connectivity index (χ1n) is 7.01. The second-order valence-corrected chi connectivity index (χ2v) is 6.62. The lowest BCUT2D eigenvalue weighted by atomic mass is 9.98. The molecule has 0 spiro atoms. The van der Waals surface area contributed by atoms with Crippen molar-refractivity contribution < 1.29 is 19.4 Å². The number of rotatable bonds is 4. The van der Waals surface area contributed by atoms with Crippen LogP contribution in [-0.4, -0.2) is 35.7 Å². The van der Waals surface area contributed by atoms with Gasteiger partial charge in [-0.1, -0.05) is 29.3 Å². The van der Waals surface area contributed by atoms with Crippen molar-refractivity contribution in [1.82, 2.24) is 5.32 Å². The summed E-state index contributed by atoms with van der Waals surface area (Å²) in [5, 5.41) is 12.9. The van der Waals surface area contributed by atoms with E-state index >= 15 is 0 Å². The van der Waals surface area contributed by atoms with Crippen LogP contribution in [0.2, 0.25) is 10.0 Å². The molecule has 1 aromatic rings. The molecule has 1 heterocycles. The first-order chi connectivity index (χ1) is 10.4. The van der Waals surface area contributed by atoms with Gasteiger partial charge in [0.1, 0.15) is 0 Å². The van der Waals surface area contributed by atoms with Crippen LogP contribution >= 0.6 is 23.2 Å². The first-order valence-corrected chi connectivity index (χ1v) is 7.77. The topological polar surface area (TPSA) is 75.6 Å². The minimum Gasteiger partial charge on any atom is -0.479 e. The Morgan fingerprint density at radius 2 is 2.09 bits per heavy atom. The number of ether oxygens (including phenoxy) is 1. The number of halogens is 2. The lowest BCUT2D eigenvalue weighted by molar-refractivity contribution is -0.147. The molecule has 3 unspecified atom stereocenters. The summed E-state index contributed by atoms with van der Waals surface area (Å²) in [5.74, 6) is -1.47. The third-order valence-electron chi connectivity index (χ3n) is 4.29. The highest BCUT2D eigenvalue weighted by Gasteiger charge is 2.50. The van der Waals surface area contributed by atoms with Crippen LogP contribution < -0.4 is 5.32 Å². The van der Waals surface area contributed by atoms with Gasteiger partial charge in [0.2, 0.25) is 5.91 Å². The van der Waals surface area contributed by atoms with Crippen LogP contribution in [0.3, 0.4) is 0 Å². The van der Waals surface area contributed by atoms with Crippen LogP contribution in [0.25, 0.3) is 0 Å². The molecule has 118 valence electrons. The van der Waals surface area contributed by atoms with Crippen LogP contribution in [-0.2, 0) is 14.3 Å². The number of nitrogens with one attached hydrogen (secondary N) is 1. The number of hydrogen-bond donors (Lipinski definition) is 2. The summed E-state index contributed by atoms with van der Waals surface area (Å²) in [6.07, 6.45) is 0.971. The first kappa shape index (κ1) is 15.6. The van der Waals surface area contributed by atoms with Gasteiger partial charge in [-0.15, -0.1) is 0 Å². The fraction of sp³-hybridized carbons (Fsp3) is 0.467. The third-order valence-corrected chi connectivity index (χ3v) is 5.03.